The third-order valence-corrected chi connectivity index (χ3v) is 9.54. The first kappa shape index (κ1) is 47.4. The summed E-state index contributed by atoms with van der Waals surface area (Å²) in [4.78, 5) is 37.5. The first-order valence-corrected chi connectivity index (χ1v) is 21.4. The molecule has 0 rings (SSSR count). The lowest BCUT2D eigenvalue weighted by Crippen LogP contribution is -2.30. The standard InChI is InChI=1S/C43H82O6/c1-5-7-9-11-13-15-16-17-19-23-27-31-35-42(45)48-38-40(37-47-41(44)34-30-26-22-18-14-12-10-8-6-2)49-43(46)36-32-28-24-20-21-25-29-33-39(3)4/h39-40H,5-38H2,1-4H3/t40-/m1/s1. The Hall–Kier alpha value is -1.59. The molecule has 0 heterocycles. The number of ether oxygens (including phenoxy) is 3. The van der Waals surface area contributed by atoms with Crippen molar-refractivity contribution < 1.29 is 28.6 Å². The molecule has 0 radical (unpaired) electrons. The quantitative estimate of drug-likeness (QED) is 0.0364. The molecule has 0 bridgehead atoms. The molecule has 6 nitrogen and oxygen atoms in total. The fraction of sp³-hybridized carbons (Fsp3) is 0.930. The summed E-state index contributed by atoms with van der Waals surface area (Å²) >= 11 is 0. The zero-order chi connectivity index (χ0) is 36.0. The van der Waals surface area contributed by atoms with E-state index in [9.17, 15) is 14.4 Å². The summed E-state index contributed by atoms with van der Waals surface area (Å²) in [5, 5.41) is 0. The Kier molecular flexibility index (Phi) is 36.4. The van der Waals surface area contributed by atoms with Crippen LogP contribution in [0.25, 0.3) is 0 Å². The van der Waals surface area contributed by atoms with Gasteiger partial charge >= 0.3 is 17.9 Å². The van der Waals surface area contributed by atoms with Crippen molar-refractivity contribution in [1.82, 2.24) is 0 Å². The number of hydrogen-bond donors (Lipinski definition) is 0. The molecular formula is C43H82O6. The predicted octanol–water partition coefficient (Wildman–Crippen LogP) is 13.2. The Labute approximate surface area is 304 Å². The van der Waals surface area contributed by atoms with Crippen LogP contribution in [0.2, 0.25) is 0 Å². The summed E-state index contributed by atoms with van der Waals surface area (Å²) in [6, 6.07) is 0. The van der Waals surface area contributed by atoms with Crippen LogP contribution in [0.1, 0.15) is 233 Å². The summed E-state index contributed by atoms with van der Waals surface area (Å²) in [5.41, 5.74) is 0. The highest BCUT2D eigenvalue weighted by molar-refractivity contribution is 5.71. The Bertz CT molecular complexity index is 736. The van der Waals surface area contributed by atoms with Crippen molar-refractivity contribution in [3.63, 3.8) is 0 Å². The number of carbonyl (C=O) groups excluding carboxylic acids is 3. The second-order valence-corrected chi connectivity index (χ2v) is 15.1. The monoisotopic (exact) mass is 695 g/mol. The molecule has 6 heteroatoms. The van der Waals surface area contributed by atoms with Crippen LogP contribution in [-0.4, -0.2) is 37.2 Å². The predicted molar refractivity (Wildman–Crippen MR) is 206 cm³/mol. The van der Waals surface area contributed by atoms with Gasteiger partial charge in [0.2, 0.25) is 0 Å². The first-order valence-electron chi connectivity index (χ1n) is 21.4. The highest BCUT2D eigenvalue weighted by Gasteiger charge is 2.19. The Morgan fingerprint density at radius 1 is 0.388 bits per heavy atom. The fourth-order valence-corrected chi connectivity index (χ4v) is 6.27. The summed E-state index contributed by atoms with van der Waals surface area (Å²) in [5.74, 6) is -0.0857. The van der Waals surface area contributed by atoms with Gasteiger partial charge in [-0.1, -0.05) is 195 Å². The van der Waals surface area contributed by atoms with Crippen LogP contribution in [0.4, 0.5) is 0 Å². The van der Waals surface area contributed by atoms with Gasteiger partial charge in [0, 0.05) is 19.3 Å². The van der Waals surface area contributed by atoms with Gasteiger partial charge in [0.05, 0.1) is 0 Å². The van der Waals surface area contributed by atoms with E-state index in [2.05, 4.69) is 27.7 Å². The van der Waals surface area contributed by atoms with Gasteiger partial charge in [-0.2, -0.15) is 0 Å². The molecule has 0 aliphatic carbocycles. The molecule has 0 spiro atoms. The lowest BCUT2D eigenvalue weighted by Gasteiger charge is -2.18. The third kappa shape index (κ3) is 37.5. The third-order valence-electron chi connectivity index (χ3n) is 9.54. The van der Waals surface area contributed by atoms with Crippen molar-refractivity contribution in [1.29, 1.82) is 0 Å². The number of esters is 3. The molecule has 0 fully saturated rings. The van der Waals surface area contributed by atoms with E-state index >= 15 is 0 Å². The van der Waals surface area contributed by atoms with Crippen molar-refractivity contribution in [3.8, 4) is 0 Å². The largest absolute Gasteiger partial charge is 0.462 e. The Balaban J connectivity index is 4.33. The molecule has 49 heavy (non-hydrogen) atoms. The number of hydrogen-bond acceptors (Lipinski definition) is 6. The molecule has 0 unspecified atom stereocenters. The summed E-state index contributed by atoms with van der Waals surface area (Å²) < 4.78 is 16.6. The molecule has 0 saturated carbocycles. The van der Waals surface area contributed by atoms with Crippen molar-refractivity contribution >= 4 is 17.9 Å². The SMILES string of the molecule is CCCCCCCCCCCCCCC(=O)OC[C@@H](COC(=O)CCCCCCCCCCC)OC(=O)CCCCCCCCCC(C)C. The molecule has 290 valence electrons. The van der Waals surface area contributed by atoms with Crippen molar-refractivity contribution in [3.05, 3.63) is 0 Å². The van der Waals surface area contributed by atoms with Crippen LogP contribution in [0.3, 0.4) is 0 Å². The minimum absolute atomic E-state index is 0.0650. The fourth-order valence-electron chi connectivity index (χ4n) is 6.27. The minimum atomic E-state index is -0.758. The van der Waals surface area contributed by atoms with Gasteiger partial charge in [-0.3, -0.25) is 14.4 Å². The van der Waals surface area contributed by atoms with E-state index < -0.39 is 6.10 Å². The zero-order valence-corrected chi connectivity index (χ0v) is 33.1. The zero-order valence-electron chi connectivity index (χ0n) is 33.1. The van der Waals surface area contributed by atoms with Gasteiger partial charge in [-0.25, -0.2) is 0 Å². The van der Waals surface area contributed by atoms with E-state index in [1.165, 1.54) is 128 Å². The maximum Gasteiger partial charge on any atom is 0.306 e. The maximum atomic E-state index is 12.6. The van der Waals surface area contributed by atoms with E-state index in [0.29, 0.717) is 19.3 Å². The first-order chi connectivity index (χ1) is 23.9. The number of carbonyl (C=O) groups is 3. The minimum Gasteiger partial charge on any atom is -0.462 e. The van der Waals surface area contributed by atoms with E-state index in [1.54, 1.807) is 0 Å². The molecule has 0 amide bonds. The molecule has 0 N–H and O–H groups in total. The highest BCUT2D eigenvalue weighted by Crippen LogP contribution is 2.15. The van der Waals surface area contributed by atoms with Crippen LogP contribution in [0.5, 0.6) is 0 Å². The average Bonchev–Trinajstić information content (AvgIpc) is 3.08. The van der Waals surface area contributed by atoms with Gasteiger partial charge < -0.3 is 14.2 Å². The van der Waals surface area contributed by atoms with E-state index in [-0.39, 0.29) is 31.1 Å². The van der Waals surface area contributed by atoms with Gasteiger partial charge in [0.1, 0.15) is 13.2 Å². The van der Waals surface area contributed by atoms with Gasteiger partial charge in [0.25, 0.3) is 0 Å². The van der Waals surface area contributed by atoms with Crippen LogP contribution in [0, 0.1) is 5.92 Å². The Morgan fingerprint density at radius 2 is 0.673 bits per heavy atom. The second kappa shape index (κ2) is 37.7. The van der Waals surface area contributed by atoms with Crippen LogP contribution in [-0.2, 0) is 28.6 Å². The van der Waals surface area contributed by atoms with Crippen LogP contribution < -0.4 is 0 Å². The molecule has 0 aliphatic heterocycles. The highest BCUT2D eigenvalue weighted by atomic mass is 16.6. The second-order valence-electron chi connectivity index (χ2n) is 15.1. The summed E-state index contributed by atoms with van der Waals surface area (Å²) in [6.07, 6.45) is 35.2. The molecule has 0 aromatic rings. The molecule has 0 aromatic carbocycles. The molecule has 0 aromatic heterocycles. The smallest absolute Gasteiger partial charge is 0.306 e. The van der Waals surface area contributed by atoms with E-state index in [0.717, 1.165) is 63.7 Å². The summed E-state index contributed by atoms with van der Waals surface area (Å²) in [6.45, 7) is 8.91. The van der Waals surface area contributed by atoms with Gasteiger partial charge in [-0.05, 0) is 25.2 Å². The van der Waals surface area contributed by atoms with Crippen LogP contribution in [0.15, 0.2) is 0 Å². The molecule has 0 saturated heterocycles. The van der Waals surface area contributed by atoms with Gasteiger partial charge in [0.15, 0.2) is 6.10 Å². The molecular weight excluding hydrogens is 612 g/mol. The van der Waals surface area contributed by atoms with E-state index in [1.807, 2.05) is 0 Å². The van der Waals surface area contributed by atoms with Crippen molar-refractivity contribution in [2.75, 3.05) is 13.2 Å². The topological polar surface area (TPSA) is 78.9 Å². The average molecular weight is 695 g/mol. The molecule has 1 atom stereocenters. The lowest BCUT2D eigenvalue weighted by atomic mass is 10.0. The van der Waals surface area contributed by atoms with Gasteiger partial charge in [-0.15, -0.1) is 0 Å². The normalized spacial score (nSPS) is 11.9. The van der Waals surface area contributed by atoms with Crippen molar-refractivity contribution in [2.45, 2.75) is 239 Å². The van der Waals surface area contributed by atoms with Crippen molar-refractivity contribution in [2.24, 2.45) is 5.92 Å². The number of rotatable bonds is 38. The number of unbranched alkanes of at least 4 members (excludes halogenated alkanes) is 25. The summed E-state index contributed by atoms with van der Waals surface area (Å²) in [7, 11) is 0. The Morgan fingerprint density at radius 3 is 1.00 bits per heavy atom. The lowest BCUT2D eigenvalue weighted by molar-refractivity contribution is -0.167. The molecule has 0 aliphatic rings. The maximum absolute atomic E-state index is 12.6. The van der Waals surface area contributed by atoms with Crippen LogP contribution >= 0.6 is 0 Å². The van der Waals surface area contributed by atoms with E-state index in [4.69, 9.17) is 14.2 Å².